The van der Waals surface area contributed by atoms with Crippen molar-refractivity contribution in [3.8, 4) is 0 Å². The van der Waals surface area contributed by atoms with Crippen LogP contribution in [-0.4, -0.2) is 20.9 Å². The number of anilines is 2. The predicted octanol–water partition coefficient (Wildman–Crippen LogP) is 4.92. The molecule has 0 saturated carbocycles. The molecule has 3 aromatic carbocycles. The second kappa shape index (κ2) is 8.58. The Bertz CT molecular complexity index is 1050. The lowest BCUT2D eigenvalue weighted by molar-refractivity contribution is 0.102. The molecule has 0 aromatic heterocycles. The molecule has 0 aliphatic heterocycles. The number of nitrogens with one attached hydrogen (secondary N) is 1. The third-order valence-corrected chi connectivity index (χ3v) is 6.58. The van der Waals surface area contributed by atoms with Crippen LogP contribution in [0.15, 0.2) is 88.2 Å². The van der Waals surface area contributed by atoms with Crippen molar-refractivity contribution < 1.29 is 13.2 Å². The number of hydrogen-bond acceptors (Lipinski definition) is 3. The van der Waals surface area contributed by atoms with Crippen molar-refractivity contribution in [3.63, 3.8) is 0 Å². The summed E-state index contributed by atoms with van der Waals surface area (Å²) in [7, 11) is -3.69. The van der Waals surface area contributed by atoms with Crippen LogP contribution in [0.25, 0.3) is 0 Å². The lowest BCUT2D eigenvalue weighted by atomic mass is 10.2. The number of halogens is 1. The topological polar surface area (TPSA) is 66.5 Å². The smallest absolute Gasteiger partial charge is 0.264 e. The Kier molecular flexibility index (Phi) is 6.16. The van der Waals surface area contributed by atoms with Crippen molar-refractivity contribution in [2.75, 3.05) is 16.2 Å². The Morgan fingerprint density at radius 1 is 0.929 bits per heavy atom. The highest BCUT2D eigenvalue weighted by atomic mass is 79.9. The Labute approximate surface area is 173 Å². The fourth-order valence-corrected chi connectivity index (χ4v) is 4.47. The highest BCUT2D eigenvalue weighted by Crippen LogP contribution is 2.24. The summed E-state index contributed by atoms with van der Waals surface area (Å²) in [5.74, 6) is -0.262. The lowest BCUT2D eigenvalue weighted by Crippen LogP contribution is -2.30. The number of carbonyl (C=O) groups is 1. The second-order valence-electron chi connectivity index (χ2n) is 5.99. The van der Waals surface area contributed by atoms with Crippen molar-refractivity contribution in [1.82, 2.24) is 0 Å². The normalized spacial score (nSPS) is 11.1. The summed E-state index contributed by atoms with van der Waals surface area (Å²) in [5, 5.41) is 2.77. The van der Waals surface area contributed by atoms with Gasteiger partial charge in [0, 0.05) is 22.3 Å². The van der Waals surface area contributed by atoms with Gasteiger partial charge in [-0.05, 0) is 67.6 Å². The quantitative estimate of drug-likeness (QED) is 0.569. The molecule has 1 amide bonds. The number of benzene rings is 3. The minimum Gasteiger partial charge on any atom is -0.322 e. The molecule has 0 fully saturated rings. The van der Waals surface area contributed by atoms with Crippen molar-refractivity contribution in [2.24, 2.45) is 0 Å². The molecule has 0 spiro atoms. The fraction of sp³-hybridized carbons (Fsp3) is 0.0952. The average molecular weight is 459 g/mol. The first-order chi connectivity index (χ1) is 13.4. The standard InChI is InChI=1S/C21H19BrN2O3S/c1-2-24(19-6-4-3-5-7-19)28(26,27)20-14-12-18(13-15-20)23-21(25)16-8-10-17(22)11-9-16/h3-15H,2H2,1H3,(H,23,25). The van der Waals surface area contributed by atoms with Gasteiger partial charge >= 0.3 is 0 Å². The van der Waals surface area contributed by atoms with Crippen molar-refractivity contribution in [1.29, 1.82) is 0 Å². The fourth-order valence-electron chi connectivity index (χ4n) is 2.73. The molecular weight excluding hydrogens is 440 g/mol. The Hall–Kier alpha value is -2.64. The molecule has 0 radical (unpaired) electrons. The molecular formula is C21H19BrN2O3S. The van der Waals surface area contributed by atoms with E-state index >= 15 is 0 Å². The number of sulfonamides is 1. The number of nitrogens with zero attached hydrogens (tertiary/aromatic N) is 1. The first kappa shape index (κ1) is 20.1. The molecule has 7 heteroatoms. The highest BCUT2D eigenvalue weighted by molar-refractivity contribution is 9.10. The number of carbonyl (C=O) groups excluding carboxylic acids is 1. The van der Waals surface area contributed by atoms with Gasteiger partial charge in [0.2, 0.25) is 0 Å². The molecule has 0 atom stereocenters. The number of para-hydroxylation sites is 1. The minimum absolute atomic E-state index is 0.167. The largest absolute Gasteiger partial charge is 0.322 e. The summed E-state index contributed by atoms with van der Waals surface area (Å²) < 4.78 is 28.2. The van der Waals surface area contributed by atoms with Crippen molar-refractivity contribution >= 4 is 43.2 Å². The maximum Gasteiger partial charge on any atom is 0.264 e. The third-order valence-electron chi connectivity index (χ3n) is 4.14. The molecule has 0 aliphatic carbocycles. The Balaban J connectivity index is 1.79. The summed E-state index contributed by atoms with van der Waals surface area (Å²) in [4.78, 5) is 12.5. The van der Waals surface area contributed by atoms with Gasteiger partial charge in [0.25, 0.3) is 15.9 Å². The van der Waals surface area contributed by atoms with Gasteiger partial charge in [-0.2, -0.15) is 0 Å². The molecule has 0 bridgehead atoms. The summed E-state index contributed by atoms with van der Waals surface area (Å²) in [5.41, 5.74) is 1.65. The van der Waals surface area contributed by atoms with Gasteiger partial charge in [-0.3, -0.25) is 9.10 Å². The van der Waals surface area contributed by atoms with Crippen LogP contribution in [0.2, 0.25) is 0 Å². The summed E-state index contributed by atoms with van der Waals surface area (Å²) in [6.45, 7) is 2.10. The van der Waals surface area contributed by atoms with E-state index in [2.05, 4.69) is 21.2 Å². The van der Waals surface area contributed by atoms with Crippen LogP contribution in [0, 0.1) is 0 Å². The number of hydrogen-bond donors (Lipinski definition) is 1. The lowest BCUT2D eigenvalue weighted by Gasteiger charge is -2.23. The van der Waals surface area contributed by atoms with E-state index in [1.807, 2.05) is 6.07 Å². The molecule has 0 heterocycles. The van der Waals surface area contributed by atoms with E-state index in [0.717, 1.165) is 4.47 Å². The van der Waals surface area contributed by atoms with Crippen LogP contribution in [-0.2, 0) is 10.0 Å². The zero-order valence-electron chi connectivity index (χ0n) is 15.2. The average Bonchev–Trinajstić information content (AvgIpc) is 2.70. The van der Waals surface area contributed by atoms with Crippen LogP contribution in [0.4, 0.5) is 11.4 Å². The zero-order valence-corrected chi connectivity index (χ0v) is 17.6. The van der Waals surface area contributed by atoms with Crippen molar-refractivity contribution in [2.45, 2.75) is 11.8 Å². The summed E-state index contributed by atoms with van der Waals surface area (Å²) in [6, 6.07) is 22.1. The monoisotopic (exact) mass is 458 g/mol. The van der Waals surface area contributed by atoms with Gasteiger partial charge in [-0.25, -0.2) is 8.42 Å². The van der Waals surface area contributed by atoms with E-state index in [9.17, 15) is 13.2 Å². The molecule has 28 heavy (non-hydrogen) atoms. The van der Waals surface area contributed by atoms with Crippen LogP contribution in [0.1, 0.15) is 17.3 Å². The first-order valence-electron chi connectivity index (χ1n) is 8.66. The first-order valence-corrected chi connectivity index (χ1v) is 10.9. The SMILES string of the molecule is CCN(c1ccccc1)S(=O)(=O)c1ccc(NC(=O)c2ccc(Br)cc2)cc1. The van der Waals surface area contributed by atoms with Gasteiger partial charge in [-0.15, -0.1) is 0 Å². The summed E-state index contributed by atoms with van der Waals surface area (Å²) >= 11 is 3.33. The van der Waals surface area contributed by atoms with E-state index in [1.54, 1.807) is 67.6 Å². The maximum atomic E-state index is 13.0. The van der Waals surface area contributed by atoms with Gasteiger partial charge in [0.15, 0.2) is 0 Å². The molecule has 3 aromatic rings. The van der Waals surface area contributed by atoms with E-state index in [0.29, 0.717) is 23.5 Å². The second-order valence-corrected chi connectivity index (χ2v) is 8.77. The van der Waals surface area contributed by atoms with Gasteiger partial charge in [0.1, 0.15) is 0 Å². The Morgan fingerprint density at radius 3 is 2.11 bits per heavy atom. The van der Waals surface area contributed by atoms with Crippen molar-refractivity contribution in [3.05, 3.63) is 88.9 Å². The maximum absolute atomic E-state index is 13.0. The minimum atomic E-state index is -3.69. The third kappa shape index (κ3) is 4.43. The van der Waals surface area contributed by atoms with Crippen LogP contribution in [0.5, 0.6) is 0 Å². The van der Waals surface area contributed by atoms with E-state index in [4.69, 9.17) is 0 Å². The molecule has 1 N–H and O–H groups in total. The van der Waals surface area contributed by atoms with Gasteiger partial charge in [-0.1, -0.05) is 34.1 Å². The van der Waals surface area contributed by atoms with E-state index < -0.39 is 10.0 Å². The van der Waals surface area contributed by atoms with Crippen LogP contribution < -0.4 is 9.62 Å². The number of rotatable bonds is 6. The molecule has 3 rings (SSSR count). The van der Waals surface area contributed by atoms with E-state index in [-0.39, 0.29) is 10.8 Å². The molecule has 5 nitrogen and oxygen atoms in total. The van der Waals surface area contributed by atoms with Gasteiger partial charge in [0.05, 0.1) is 10.6 Å². The van der Waals surface area contributed by atoms with Crippen LogP contribution >= 0.6 is 15.9 Å². The molecule has 0 unspecified atom stereocenters. The summed E-state index contributed by atoms with van der Waals surface area (Å²) in [6.07, 6.45) is 0. The Morgan fingerprint density at radius 2 is 1.54 bits per heavy atom. The molecule has 0 saturated heterocycles. The zero-order chi connectivity index (χ0) is 20.1. The molecule has 0 aliphatic rings. The van der Waals surface area contributed by atoms with E-state index in [1.165, 1.54) is 16.4 Å². The van der Waals surface area contributed by atoms with Gasteiger partial charge < -0.3 is 5.32 Å². The van der Waals surface area contributed by atoms with Crippen LogP contribution in [0.3, 0.4) is 0 Å². The highest BCUT2D eigenvalue weighted by Gasteiger charge is 2.23. The number of amides is 1. The predicted molar refractivity (Wildman–Crippen MR) is 115 cm³/mol. The molecule has 144 valence electrons.